The first kappa shape index (κ1) is 17.6. The first-order chi connectivity index (χ1) is 12.4. The largest absolute Gasteiger partial charge is 0.487 e. The number of likely N-dealkylation sites (tertiary alicyclic amines) is 1. The van der Waals surface area contributed by atoms with Gasteiger partial charge in [-0.25, -0.2) is 0 Å². The summed E-state index contributed by atoms with van der Waals surface area (Å²) in [6.07, 6.45) is 4.53. The maximum absolute atomic E-state index is 6.40. The van der Waals surface area contributed by atoms with Gasteiger partial charge in [-0.1, -0.05) is 29.8 Å². The van der Waals surface area contributed by atoms with Crippen molar-refractivity contribution in [3.8, 4) is 0 Å². The molecule has 2 aliphatic rings. The van der Waals surface area contributed by atoms with Crippen molar-refractivity contribution in [1.29, 1.82) is 0 Å². The molecule has 0 N–H and O–H groups in total. The molecular formula is C23H27NOS. The van der Waals surface area contributed by atoms with Gasteiger partial charge < -0.3 is 9.64 Å². The summed E-state index contributed by atoms with van der Waals surface area (Å²) >= 11 is 1.81. The smallest absolute Gasteiger partial charge is 0.129 e. The number of ether oxygens (including phenoxy) is 1. The van der Waals surface area contributed by atoms with E-state index in [9.17, 15) is 0 Å². The quantitative estimate of drug-likeness (QED) is 0.623. The van der Waals surface area contributed by atoms with Crippen LogP contribution in [0.2, 0.25) is 0 Å². The van der Waals surface area contributed by atoms with Crippen molar-refractivity contribution in [3.05, 3.63) is 62.9 Å². The Hall–Kier alpha value is -1.84. The third kappa shape index (κ3) is 3.38. The lowest BCUT2D eigenvalue weighted by molar-refractivity contribution is 0.0983. The highest BCUT2D eigenvalue weighted by Crippen LogP contribution is 2.43. The van der Waals surface area contributed by atoms with Crippen molar-refractivity contribution >= 4 is 28.7 Å². The second-order valence-electron chi connectivity index (χ2n) is 8.25. The molecule has 1 aromatic carbocycles. The number of thiophene rings is 1. The van der Waals surface area contributed by atoms with Gasteiger partial charge in [0.25, 0.3) is 0 Å². The summed E-state index contributed by atoms with van der Waals surface area (Å²) in [7, 11) is 2.22. The summed E-state index contributed by atoms with van der Waals surface area (Å²) in [6, 6.07) is 11.0. The van der Waals surface area contributed by atoms with E-state index in [-0.39, 0.29) is 5.60 Å². The van der Waals surface area contributed by atoms with Crippen molar-refractivity contribution in [1.82, 2.24) is 4.90 Å². The topological polar surface area (TPSA) is 12.5 Å². The van der Waals surface area contributed by atoms with Gasteiger partial charge in [-0.3, -0.25) is 0 Å². The van der Waals surface area contributed by atoms with Crippen molar-refractivity contribution < 1.29 is 4.74 Å². The summed E-state index contributed by atoms with van der Waals surface area (Å²) in [5, 5.41) is 2.21. The molecule has 3 heteroatoms. The summed E-state index contributed by atoms with van der Waals surface area (Å²) in [5.41, 5.74) is 6.71. The molecule has 1 aliphatic carbocycles. The average molecular weight is 366 g/mol. The Bertz CT molecular complexity index is 872. The third-order valence-corrected chi connectivity index (χ3v) is 5.91. The minimum atomic E-state index is -0.221. The van der Waals surface area contributed by atoms with Gasteiger partial charge in [-0.2, -0.15) is 0 Å². The zero-order valence-corrected chi connectivity index (χ0v) is 17.0. The molecule has 2 nitrogen and oxygen atoms in total. The molecule has 0 radical (unpaired) electrons. The van der Waals surface area contributed by atoms with Crippen LogP contribution in [0.3, 0.4) is 0 Å². The standard InChI is InChI=1S/C23H27NOS/c1-23(2,3)25-20-15-21-19(11-14-26-21)22(16-9-12-24(4)13-10-16)18-8-6-5-7-17(18)20/h5-8,11,14-15H,9-10,12-13H2,1-4H3. The molecule has 0 bridgehead atoms. The fourth-order valence-electron chi connectivity index (χ4n) is 3.83. The Morgan fingerprint density at radius 1 is 0.962 bits per heavy atom. The van der Waals surface area contributed by atoms with E-state index in [2.05, 4.69) is 74.5 Å². The van der Waals surface area contributed by atoms with Gasteiger partial charge in [0.15, 0.2) is 0 Å². The predicted molar refractivity (Wildman–Crippen MR) is 112 cm³/mol. The Balaban J connectivity index is 1.93. The van der Waals surface area contributed by atoms with Crippen molar-refractivity contribution in [3.63, 3.8) is 0 Å². The third-order valence-electron chi connectivity index (χ3n) is 5.05. The average Bonchev–Trinajstić information content (AvgIpc) is 2.99. The van der Waals surface area contributed by atoms with Crippen LogP contribution in [-0.2, 0) is 4.74 Å². The van der Waals surface area contributed by atoms with Crippen molar-refractivity contribution in [2.75, 3.05) is 20.1 Å². The van der Waals surface area contributed by atoms with Crippen LogP contribution in [0, 0.1) is 0 Å². The van der Waals surface area contributed by atoms with E-state index in [0.717, 1.165) is 31.7 Å². The Morgan fingerprint density at radius 2 is 1.65 bits per heavy atom. The second-order valence-corrected chi connectivity index (χ2v) is 9.20. The Morgan fingerprint density at radius 3 is 2.35 bits per heavy atom. The molecule has 2 heterocycles. The van der Waals surface area contributed by atoms with Crippen LogP contribution in [0.15, 0.2) is 41.3 Å². The van der Waals surface area contributed by atoms with Gasteiger partial charge in [-0.15, -0.1) is 11.3 Å². The van der Waals surface area contributed by atoms with Gasteiger partial charge in [0.2, 0.25) is 0 Å². The predicted octanol–water partition coefficient (Wildman–Crippen LogP) is 5.90. The fraction of sp³-hybridized carbons (Fsp3) is 0.391. The maximum Gasteiger partial charge on any atom is 0.129 e. The SMILES string of the molecule is CN1CCC(=C2c3ccccc3C(OC(C)(C)C)=Cc3sccc32)CC1. The van der Waals surface area contributed by atoms with Gasteiger partial charge in [0.1, 0.15) is 11.4 Å². The van der Waals surface area contributed by atoms with Crippen molar-refractivity contribution in [2.45, 2.75) is 39.2 Å². The van der Waals surface area contributed by atoms with Crippen LogP contribution in [0.25, 0.3) is 17.4 Å². The highest BCUT2D eigenvalue weighted by Gasteiger charge is 2.26. The first-order valence-corrected chi connectivity index (χ1v) is 10.3. The lowest BCUT2D eigenvalue weighted by atomic mass is 9.87. The molecule has 26 heavy (non-hydrogen) atoms. The summed E-state index contributed by atoms with van der Waals surface area (Å²) in [4.78, 5) is 3.73. The highest BCUT2D eigenvalue weighted by molar-refractivity contribution is 7.11. The molecule has 1 fully saturated rings. The van der Waals surface area contributed by atoms with Crippen LogP contribution < -0.4 is 0 Å². The molecule has 0 atom stereocenters. The van der Waals surface area contributed by atoms with Gasteiger partial charge in [-0.05, 0) is 69.3 Å². The molecule has 0 unspecified atom stereocenters. The molecule has 0 spiro atoms. The first-order valence-electron chi connectivity index (χ1n) is 9.41. The van der Waals surface area contributed by atoms with E-state index >= 15 is 0 Å². The van der Waals surface area contributed by atoms with E-state index in [4.69, 9.17) is 4.74 Å². The number of hydrogen-bond acceptors (Lipinski definition) is 3. The van der Waals surface area contributed by atoms with Gasteiger partial charge in [0.05, 0.1) is 0 Å². The van der Waals surface area contributed by atoms with Crippen LogP contribution in [0.4, 0.5) is 0 Å². The second kappa shape index (κ2) is 6.71. The van der Waals surface area contributed by atoms with Crippen LogP contribution in [0.1, 0.15) is 55.2 Å². The number of rotatable bonds is 1. The summed E-state index contributed by atoms with van der Waals surface area (Å²) in [6.45, 7) is 8.63. The number of nitrogens with zero attached hydrogens (tertiary/aromatic N) is 1. The van der Waals surface area contributed by atoms with Crippen molar-refractivity contribution in [2.24, 2.45) is 0 Å². The molecule has 4 rings (SSSR count). The van der Waals surface area contributed by atoms with E-state index < -0.39 is 0 Å². The minimum absolute atomic E-state index is 0.221. The van der Waals surface area contributed by atoms with Crippen LogP contribution >= 0.6 is 11.3 Å². The normalized spacial score (nSPS) is 18.1. The number of fused-ring (bicyclic) bond motifs is 2. The molecule has 1 saturated heterocycles. The van der Waals surface area contributed by atoms with E-state index in [1.807, 2.05) is 0 Å². The highest BCUT2D eigenvalue weighted by atomic mass is 32.1. The monoisotopic (exact) mass is 365 g/mol. The van der Waals surface area contributed by atoms with E-state index in [0.29, 0.717) is 0 Å². The molecule has 2 aromatic rings. The molecule has 0 amide bonds. The van der Waals surface area contributed by atoms with E-state index in [1.165, 1.54) is 27.1 Å². The molecule has 136 valence electrons. The molecule has 1 aromatic heterocycles. The summed E-state index contributed by atoms with van der Waals surface area (Å²) < 4.78 is 6.40. The van der Waals surface area contributed by atoms with Gasteiger partial charge in [0, 0.05) is 29.1 Å². The summed E-state index contributed by atoms with van der Waals surface area (Å²) in [5.74, 6) is 0.986. The zero-order chi connectivity index (χ0) is 18.3. The fourth-order valence-corrected chi connectivity index (χ4v) is 4.65. The lowest BCUT2D eigenvalue weighted by Crippen LogP contribution is -2.27. The van der Waals surface area contributed by atoms with E-state index in [1.54, 1.807) is 16.9 Å². The lowest BCUT2D eigenvalue weighted by Gasteiger charge is -2.27. The Kier molecular flexibility index (Phi) is 4.54. The molecule has 1 aliphatic heterocycles. The van der Waals surface area contributed by atoms with Crippen LogP contribution in [-0.4, -0.2) is 30.6 Å². The molecule has 0 saturated carbocycles. The Labute approximate surface area is 160 Å². The molecular weight excluding hydrogens is 338 g/mol. The zero-order valence-electron chi connectivity index (χ0n) is 16.1. The number of benzene rings is 1. The number of hydrogen-bond donors (Lipinski definition) is 0. The van der Waals surface area contributed by atoms with Gasteiger partial charge >= 0.3 is 0 Å². The minimum Gasteiger partial charge on any atom is -0.487 e. The maximum atomic E-state index is 6.40. The number of piperidine rings is 1. The van der Waals surface area contributed by atoms with Crippen LogP contribution in [0.5, 0.6) is 0 Å².